The highest BCUT2D eigenvalue weighted by Gasteiger charge is 2.48. The first-order chi connectivity index (χ1) is 4.70. The van der Waals surface area contributed by atoms with Gasteiger partial charge in [-0.05, 0) is 24.2 Å². The van der Waals surface area contributed by atoms with Crippen molar-refractivity contribution in [3.63, 3.8) is 0 Å². The van der Waals surface area contributed by atoms with Crippen molar-refractivity contribution in [3.05, 3.63) is 0 Å². The molecule has 3 rings (SSSR count). The average Bonchev–Trinajstić information content (AvgIpc) is 1.83. The van der Waals surface area contributed by atoms with E-state index < -0.39 is 0 Å². The monoisotopic (exact) mass is 156 g/mol. The molecule has 4 unspecified atom stereocenters. The average molecular weight is 156 g/mol. The molecular weight excluding hydrogens is 140 g/mol. The Morgan fingerprint density at radius 1 is 1.00 bits per heavy atom. The van der Waals surface area contributed by atoms with Crippen LogP contribution in [0.15, 0.2) is 0 Å². The van der Waals surface area contributed by atoms with E-state index in [-0.39, 0.29) is 0 Å². The van der Waals surface area contributed by atoms with Gasteiger partial charge in [0, 0.05) is 10.5 Å². The predicted octanol–water partition coefficient (Wildman–Crippen LogP) is 2.78. The molecule has 0 spiro atoms. The normalized spacial score (nSPS) is 59.7. The van der Waals surface area contributed by atoms with Crippen LogP contribution in [-0.2, 0) is 0 Å². The number of fused-ring (bicyclic) bond motifs is 2. The van der Waals surface area contributed by atoms with Crippen LogP contribution in [0.3, 0.4) is 0 Å². The summed E-state index contributed by atoms with van der Waals surface area (Å²) in [7, 11) is 0. The largest absolute Gasteiger partial charge is 0.154 e. The highest BCUT2D eigenvalue weighted by molar-refractivity contribution is 8.02. The third kappa shape index (κ3) is 0.761. The number of thioether (sulfide) groups is 1. The molecule has 2 saturated heterocycles. The van der Waals surface area contributed by atoms with Gasteiger partial charge in [0.2, 0.25) is 0 Å². The lowest BCUT2D eigenvalue weighted by Gasteiger charge is -2.54. The van der Waals surface area contributed by atoms with Gasteiger partial charge in [-0.3, -0.25) is 0 Å². The number of hydrogen-bond acceptors (Lipinski definition) is 1. The van der Waals surface area contributed by atoms with E-state index in [9.17, 15) is 0 Å². The Morgan fingerprint density at radius 2 is 1.50 bits per heavy atom. The smallest absolute Gasteiger partial charge is 0.0112 e. The van der Waals surface area contributed by atoms with Gasteiger partial charge in [0.25, 0.3) is 0 Å². The molecule has 2 bridgehead atoms. The third-order valence-corrected chi connectivity index (χ3v) is 5.63. The lowest BCUT2D eigenvalue weighted by Crippen LogP contribution is -2.50. The van der Waals surface area contributed by atoms with Crippen LogP contribution in [0.2, 0.25) is 0 Å². The second-order valence-corrected chi connectivity index (χ2v) is 5.48. The van der Waals surface area contributed by atoms with E-state index in [0.29, 0.717) is 0 Å². The van der Waals surface area contributed by atoms with Crippen molar-refractivity contribution >= 4 is 11.8 Å². The summed E-state index contributed by atoms with van der Waals surface area (Å²) < 4.78 is 0. The van der Waals surface area contributed by atoms with Crippen molar-refractivity contribution in [2.24, 2.45) is 17.8 Å². The molecule has 1 heteroatoms. The maximum atomic E-state index is 2.43. The van der Waals surface area contributed by atoms with E-state index in [0.717, 1.165) is 28.3 Å². The molecule has 2 aliphatic heterocycles. The second-order valence-electron chi connectivity index (χ2n) is 4.11. The van der Waals surface area contributed by atoms with Gasteiger partial charge in [-0.25, -0.2) is 0 Å². The van der Waals surface area contributed by atoms with Crippen LogP contribution in [-0.4, -0.2) is 10.5 Å². The maximum Gasteiger partial charge on any atom is 0.0112 e. The van der Waals surface area contributed by atoms with Gasteiger partial charge in [0.1, 0.15) is 0 Å². The molecule has 3 aliphatic rings. The first-order valence-electron chi connectivity index (χ1n) is 4.35. The molecule has 0 aromatic carbocycles. The SMILES string of the molecule is CC1CC(C)C2SC1C2C. The molecule has 10 heavy (non-hydrogen) atoms. The van der Waals surface area contributed by atoms with E-state index in [4.69, 9.17) is 0 Å². The van der Waals surface area contributed by atoms with Crippen molar-refractivity contribution in [1.29, 1.82) is 0 Å². The van der Waals surface area contributed by atoms with E-state index in [1.54, 1.807) is 0 Å². The molecule has 0 nitrogen and oxygen atoms in total. The molecule has 58 valence electrons. The topological polar surface area (TPSA) is 0 Å². The second kappa shape index (κ2) is 2.17. The Labute approximate surface area is 67.8 Å². The fraction of sp³-hybridized carbons (Fsp3) is 1.00. The van der Waals surface area contributed by atoms with E-state index >= 15 is 0 Å². The third-order valence-electron chi connectivity index (χ3n) is 3.22. The summed E-state index contributed by atoms with van der Waals surface area (Å²) in [6, 6.07) is 0. The molecule has 4 atom stereocenters. The molecule has 0 aromatic heterocycles. The van der Waals surface area contributed by atoms with Crippen LogP contribution in [0.5, 0.6) is 0 Å². The molecule has 0 amide bonds. The van der Waals surface area contributed by atoms with Gasteiger partial charge in [0.15, 0.2) is 0 Å². The van der Waals surface area contributed by atoms with Gasteiger partial charge < -0.3 is 0 Å². The minimum Gasteiger partial charge on any atom is -0.154 e. The van der Waals surface area contributed by atoms with Crippen LogP contribution in [0.4, 0.5) is 0 Å². The molecule has 3 fully saturated rings. The van der Waals surface area contributed by atoms with Crippen molar-refractivity contribution in [3.8, 4) is 0 Å². The molecule has 1 aliphatic carbocycles. The van der Waals surface area contributed by atoms with Crippen LogP contribution in [0, 0.1) is 17.8 Å². The highest BCUT2D eigenvalue weighted by atomic mass is 32.2. The fourth-order valence-corrected chi connectivity index (χ4v) is 4.37. The van der Waals surface area contributed by atoms with Gasteiger partial charge in [-0.15, -0.1) is 0 Å². The lowest BCUT2D eigenvalue weighted by atomic mass is 9.75. The zero-order valence-corrected chi connectivity index (χ0v) is 7.82. The summed E-state index contributed by atoms with van der Waals surface area (Å²) in [4.78, 5) is 0. The van der Waals surface area contributed by atoms with Gasteiger partial charge in [-0.1, -0.05) is 20.8 Å². The first kappa shape index (κ1) is 7.02. The van der Waals surface area contributed by atoms with E-state index in [1.165, 1.54) is 6.42 Å². The maximum absolute atomic E-state index is 2.43. The minimum atomic E-state index is 0.986. The summed E-state index contributed by atoms with van der Waals surface area (Å²) in [5.74, 6) is 2.99. The summed E-state index contributed by atoms with van der Waals surface area (Å²) >= 11 is 2.24. The Hall–Kier alpha value is 0.350. The Balaban J connectivity index is 2.10. The summed E-state index contributed by atoms with van der Waals surface area (Å²) in [6.07, 6.45) is 1.48. The number of hydrogen-bond donors (Lipinski definition) is 0. The van der Waals surface area contributed by atoms with Crippen LogP contribution < -0.4 is 0 Å². The minimum absolute atomic E-state index is 0.986. The fourth-order valence-electron chi connectivity index (χ4n) is 2.69. The molecule has 0 N–H and O–H groups in total. The van der Waals surface area contributed by atoms with Crippen molar-refractivity contribution in [2.45, 2.75) is 37.7 Å². The summed E-state index contributed by atoms with van der Waals surface area (Å²) in [5.41, 5.74) is 0. The van der Waals surface area contributed by atoms with Crippen molar-refractivity contribution < 1.29 is 0 Å². The van der Waals surface area contributed by atoms with Crippen molar-refractivity contribution in [1.82, 2.24) is 0 Å². The van der Waals surface area contributed by atoms with Gasteiger partial charge in [-0.2, -0.15) is 11.8 Å². The molecule has 1 saturated carbocycles. The molecule has 2 heterocycles. The van der Waals surface area contributed by atoms with E-state index in [1.807, 2.05) is 0 Å². The van der Waals surface area contributed by atoms with Gasteiger partial charge in [0.05, 0.1) is 0 Å². The summed E-state index contributed by atoms with van der Waals surface area (Å²) in [5, 5.41) is 2.03. The number of rotatable bonds is 0. The highest BCUT2D eigenvalue weighted by Crippen LogP contribution is 2.56. The Morgan fingerprint density at radius 3 is 1.80 bits per heavy atom. The Bertz CT molecular complexity index is 122. The zero-order chi connectivity index (χ0) is 7.30. The van der Waals surface area contributed by atoms with Crippen LogP contribution >= 0.6 is 11.8 Å². The molecule has 0 radical (unpaired) electrons. The van der Waals surface area contributed by atoms with Crippen molar-refractivity contribution in [2.75, 3.05) is 0 Å². The quantitative estimate of drug-likeness (QED) is 0.519. The van der Waals surface area contributed by atoms with Gasteiger partial charge >= 0.3 is 0 Å². The summed E-state index contributed by atoms with van der Waals surface area (Å²) in [6.45, 7) is 7.26. The zero-order valence-electron chi connectivity index (χ0n) is 7.00. The lowest BCUT2D eigenvalue weighted by molar-refractivity contribution is 0.222. The molecular formula is C9H16S. The standard InChI is InChI=1S/C9H16S/c1-5-4-6(2)9-7(3)8(5)10-9/h5-9H,4H2,1-3H3. The molecule has 0 aromatic rings. The van der Waals surface area contributed by atoms with Crippen LogP contribution in [0.1, 0.15) is 27.2 Å². The first-order valence-corrected chi connectivity index (χ1v) is 5.30. The van der Waals surface area contributed by atoms with Crippen LogP contribution in [0.25, 0.3) is 0 Å². The van der Waals surface area contributed by atoms with E-state index in [2.05, 4.69) is 32.5 Å². The Kier molecular flexibility index (Phi) is 1.52. The predicted molar refractivity (Wildman–Crippen MR) is 47.3 cm³/mol.